The summed E-state index contributed by atoms with van der Waals surface area (Å²) in [6, 6.07) is 24.7. The van der Waals surface area contributed by atoms with Crippen molar-refractivity contribution in [2.45, 2.75) is 18.6 Å². The molecule has 3 aromatic carbocycles. The van der Waals surface area contributed by atoms with E-state index in [0.717, 1.165) is 5.56 Å². The van der Waals surface area contributed by atoms with E-state index < -0.39 is 11.0 Å². The van der Waals surface area contributed by atoms with Gasteiger partial charge in [0.25, 0.3) is 5.69 Å². The molecule has 0 amide bonds. The molecule has 2 atom stereocenters. The summed E-state index contributed by atoms with van der Waals surface area (Å²) in [6.07, 6.45) is -0.190. The van der Waals surface area contributed by atoms with Gasteiger partial charge in [0.05, 0.1) is 11.0 Å². The highest BCUT2D eigenvalue weighted by Gasteiger charge is 2.21. The van der Waals surface area contributed by atoms with Crippen molar-refractivity contribution in [1.29, 1.82) is 0 Å². The maximum absolute atomic E-state index is 10.9. The average Bonchev–Trinajstić information content (AvgIpc) is 3.37. The Labute approximate surface area is 196 Å². The molecule has 0 bridgehead atoms. The molecular formula is C25H24N4O5. The van der Waals surface area contributed by atoms with Crippen LogP contribution in [0.3, 0.4) is 0 Å². The van der Waals surface area contributed by atoms with Crippen molar-refractivity contribution >= 4 is 5.69 Å². The Balaban J connectivity index is 1.44. The first kappa shape index (κ1) is 23.1. The normalized spacial score (nSPS) is 12.7. The summed E-state index contributed by atoms with van der Waals surface area (Å²) < 4.78 is 11.1. The summed E-state index contributed by atoms with van der Waals surface area (Å²) in [6.45, 7) is 0.381. The van der Waals surface area contributed by atoms with Gasteiger partial charge in [-0.25, -0.2) is 0 Å². The van der Waals surface area contributed by atoms with Crippen LogP contribution in [0.15, 0.2) is 89.5 Å². The standard InChI is InChI=1S/C25H24N4O5/c30-21(17-33-22-9-5-2-6-10-22)16-26-23(15-18-7-3-1-4-8-18)25-27-24(28-34-25)19-11-13-20(14-12-19)29(31)32/h1-14,21,23,26,30H,15-17H2. The van der Waals surface area contributed by atoms with Gasteiger partial charge in [-0.05, 0) is 36.2 Å². The van der Waals surface area contributed by atoms with Gasteiger partial charge in [-0.15, -0.1) is 0 Å². The molecule has 0 fully saturated rings. The molecule has 0 spiro atoms. The Morgan fingerprint density at radius 3 is 2.35 bits per heavy atom. The van der Waals surface area contributed by atoms with Gasteiger partial charge in [-0.2, -0.15) is 4.98 Å². The molecule has 0 aliphatic rings. The fraction of sp³-hybridized carbons (Fsp3) is 0.200. The van der Waals surface area contributed by atoms with Crippen LogP contribution in [-0.4, -0.2) is 39.4 Å². The van der Waals surface area contributed by atoms with Crippen LogP contribution < -0.4 is 10.1 Å². The third-order valence-electron chi connectivity index (χ3n) is 5.14. The van der Waals surface area contributed by atoms with Crippen LogP contribution in [0.4, 0.5) is 5.69 Å². The summed E-state index contributed by atoms with van der Waals surface area (Å²) in [5, 5.41) is 28.6. The van der Waals surface area contributed by atoms with Gasteiger partial charge in [0.1, 0.15) is 18.5 Å². The van der Waals surface area contributed by atoms with Crippen LogP contribution in [-0.2, 0) is 6.42 Å². The third kappa shape index (κ3) is 6.25. The lowest BCUT2D eigenvalue weighted by molar-refractivity contribution is -0.384. The Morgan fingerprint density at radius 1 is 1.00 bits per heavy atom. The van der Waals surface area contributed by atoms with Crippen molar-refractivity contribution in [3.05, 3.63) is 106 Å². The summed E-state index contributed by atoms with van der Waals surface area (Å²) in [4.78, 5) is 14.9. The summed E-state index contributed by atoms with van der Waals surface area (Å²) >= 11 is 0. The van der Waals surface area contributed by atoms with Gasteiger partial charge in [0.2, 0.25) is 11.7 Å². The van der Waals surface area contributed by atoms with Crippen LogP contribution >= 0.6 is 0 Å². The van der Waals surface area contributed by atoms with Crippen molar-refractivity contribution in [3.63, 3.8) is 0 Å². The number of para-hydroxylation sites is 1. The van der Waals surface area contributed by atoms with Gasteiger partial charge in [-0.1, -0.05) is 53.7 Å². The second kappa shape index (κ2) is 11.2. The summed E-state index contributed by atoms with van der Waals surface area (Å²) in [5.74, 6) is 1.37. The maximum Gasteiger partial charge on any atom is 0.269 e. The molecule has 2 unspecified atom stereocenters. The molecule has 0 radical (unpaired) electrons. The molecule has 0 aliphatic carbocycles. The summed E-state index contributed by atoms with van der Waals surface area (Å²) in [7, 11) is 0. The van der Waals surface area contributed by atoms with Crippen LogP contribution in [0.2, 0.25) is 0 Å². The fourth-order valence-electron chi connectivity index (χ4n) is 3.37. The molecule has 0 saturated heterocycles. The molecular weight excluding hydrogens is 436 g/mol. The summed E-state index contributed by atoms with van der Waals surface area (Å²) in [5.41, 5.74) is 1.66. The predicted molar refractivity (Wildman–Crippen MR) is 125 cm³/mol. The molecule has 4 aromatic rings. The van der Waals surface area contributed by atoms with Crippen molar-refractivity contribution in [2.24, 2.45) is 0 Å². The maximum atomic E-state index is 10.9. The second-order valence-corrected chi connectivity index (χ2v) is 7.69. The molecule has 0 aliphatic heterocycles. The van der Waals surface area contributed by atoms with Crippen LogP contribution in [0, 0.1) is 10.1 Å². The number of rotatable bonds is 11. The van der Waals surface area contributed by atoms with Crippen molar-refractivity contribution < 1.29 is 19.3 Å². The molecule has 9 nitrogen and oxygen atoms in total. The minimum atomic E-state index is -0.754. The first-order valence-electron chi connectivity index (χ1n) is 10.8. The molecule has 0 saturated carbocycles. The van der Waals surface area contributed by atoms with E-state index in [1.807, 2.05) is 60.7 Å². The SMILES string of the molecule is O=[N+]([O-])c1ccc(-c2noc(C(Cc3ccccc3)NCC(O)COc3ccccc3)n2)cc1. The van der Waals surface area contributed by atoms with Gasteiger partial charge in [0.15, 0.2) is 0 Å². The highest BCUT2D eigenvalue weighted by molar-refractivity contribution is 5.56. The highest BCUT2D eigenvalue weighted by Crippen LogP contribution is 2.23. The number of hydrogen-bond acceptors (Lipinski definition) is 8. The number of aliphatic hydroxyl groups excluding tert-OH is 1. The molecule has 34 heavy (non-hydrogen) atoms. The number of nitrogens with zero attached hydrogens (tertiary/aromatic N) is 3. The zero-order chi connectivity index (χ0) is 23.8. The smallest absolute Gasteiger partial charge is 0.269 e. The Bertz CT molecular complexity index is 1180. The quantitative estimate of drug-likeness (QED) is 0.255. The monoisotopic (exact) mass is 460 g/mol. The van der Waals surface area contributed by atoms with Gasteiger partial charge >= 0.3 is 0 Å². The zero-order valence-corrected chi connectivity index (χ0v) is 18.3. The number of aromatic nitrogens is 2. The molecule has 1 aromatic heterocycles. The number of aliphatic hydroxyl groups is 1. The van der Waals surface area contributed by atoms with Gasteiger partial charge in [0, 0.05) is 24.2 Å². The van der Waals surface area contributed by atoms with Gasteiger partial charge in [-0.3, -0.25) is 10.1 Å². The topological polar surface area (TPSA) is 124 Å². The Hall–Kier alpha value is -4.08. The second-order valence-electron chi connectivity index (χ2n) is 7.69. The number of benzene rings is 3. The minimum Gasteiger partial charge on any atom is -0.491 e. The fourth-order valence-corrected chi connectivity index (χ4v) is 3.37. The first-order valence-corrected chi connectivity index (χ1v) is 10.8. The third-order valence-corrected chi connectivity index (χ3v) is 5.14. The lowest BCUT2D eigenvalue weighted by Crippen LogP contribution is -2.35. The lowest BCUT2D eigenvalue weighted by Gasteiger charge is -2.18. The van der Waals surface area contributed by atoms with Crippen LogP contribution in [0.25, 0.3) is 11.4 Å². The van der Waals surface area contributed by atoms with E-state index in [2.05, 4.69) is 15.5 Å². The Kier molecular flexibility index (Phi) is 7.59. The zero-order valence-electron chi connectivity index (χ0n) is 18.3. The lowest BCUT2D eigenvalue weighted by atomic mass is 10.1. The van der Waals surface area contributed by atoms with Gasteiger partial charge < -0.3 is 19.7 Å². The molecule has 1 heterocycles. The number of nitro benzene ring substituents is 1. The van der Waals surface area contributed by atoms with Crippen molar-refractivity contribution in [2.75, 3.05) is 13.2 Å². The van der Waals surface area contributed by atoms with E-state index in [9.17, 15) is 15.2 Å². The van der Waals surface area contributed by atoms with E-state index in [1.165, 1.54) is 12.1 Å². The van der Waals surface area contributed by atoms with E-state index in [4.69, 9.17) is 9.26 Å². The average molecular weight is 460 g/mol. The highest BCUT2D eigenvalue weighted by atomic mass is 16.6. The number of non-ortho nitro benzene ring substituents is 1. The largest absolute Gasteiger partial charge is 0.491 e. The number of ether oxygens (including phenoxy) is 1. The number of hydrogen-bond donors (Lipinski definition) is 2. The van der Waals surface area contributed by atoms with Crippen LogP contribution in [0.1, 0.15) is 17.5 Å². The first-order chi connectivity index (χ1) is 16.6. The van der Waals surface area contributed by atoms with Crippen molar-refractivity contribution in [1.82, 2.24) is 15.5 Å². The number of nitrogens with one attached hydrogen (secondary N) is 1. The van der Waals surface area contributed by atoms with E-state index >= 15 is 0 Å². The molecule has 174 valence electrons. The molecule has 9 heteroatoms. The van der Waals surface area contributed by atoms with E-state index in [1.54, 1.807) is 12.1 Å². The van der Waals surface area contributed by atoms with E-state index in [0.29, 0.717) is 29.4 Å². The van der Waals surface area contributed by atoms with Crippen LogP contribution in [0.5, 0.6) is 5.75 Å². The molecule has 4 rings (SSSR count). The Morgan fingerprint density at radius 2 is 1.68 bits per heavy atom. The molecule has 2 N–H and O–H groups in total. The predicted octanol–water partition coefficient (Wildman–Crippen LogP) is 3.96. The number of nitro groups is 1. The van der Waals surface area contributed by atoms with E-state index in [-0.39, 0.29) is 24.9 Å². The minimum absolute atomic E-state index is 0.0113. The van der Waals surface area contributed by atoms with Crippen molar-refractivity contribution in [3.8, 4) is 17.1 Å².